The van der Waals surface area contributed by atoms with Crippen molar-refractivity contribution in [3.63, 3.8) is 0 Å². The van der Waals surface area contributed by atoms with Crippen molar-refractivity contribution in [1.29, 1.82) is 0 Å². The molecule has 2 unspecified atom stereocenters. The van der Waals surface area contributed by atoms with Gasteiger partial charge in [0.2, 0.25) is 0 Å². The molecule has 4 heteroatoms. The molecule has 2 atom stereocenters. The number of hydrogen-bond donors (Lipinski definition) is 2. The fraction of sp³-hybridized carbons (Fsp3) is 0.444. The molecule has 2 N–H and O–H groups in total. The lowest BCUT2D eigenvalue weighted by atomic mass is 9.84. The van der Waals surface area contributed by atoms with Gasteiger partial charge in [-0.25, -0.2) is 9.97 Å². The summed E-state index contributed by atoms with van der Waals surface area (Å²) < 4.78 is 0. The average molecular weight is 294 g/mol. The van der Waals surface area contributed by atoms with Crippen LogP contribution in [-0.4, -0.2) is 17.0 Å². The van der Waals surface area contributed by atoms with Crippen LogP contribution in [-0.2, 0) is 6.42 Å². The van der Waals surface area contributed by atoms with Crippen molar-refractivity contribution >= 4 is 11.6 Å². The van der Waals surface area contributed by atoms with Crippen molar-refractivity contribution in [1.82, 2.24) is 9.97 Å². The quantitative estimate of drug-likeness (QED) is 0.904. The first-order valence-corrected chi connectivity index (χ1v) is 8.16. The van der Waals surface area contributed by atoms with Crippen molar-refractivity contribution in [2.24, 2.45) is 0 Å². The Kier molecular flexibility index (Phi) is 3.25. The van der Waals surface area contributed by atoms with Gasteiger partial charge in [-0.2, -0.15) is 0 Å². The van der Waals surface area contributed by atoms with Gasteiger partial charge in [-0.1, -0.05) is 18.2 Å². The molecule has 0 radical (unpaired) electrons. The van der Waals surface area contributed by atoms with Crippen LogP contribution in [0.15, 0.2) is 24.3 Å². The van der Waals surface area contributed by atoms with Gasteiger partial charge in [0.1, 0.15) is 17.5 Å². The fourth-order valence-electron chi connectivity index (χ4n) is 4.07. The molecule has 0 spiro atoms. The van der Waals surface area contributed by atoms with Crippen LogP contribution in [0.4, 0.5) is 11.6 Å². The first kappa shape index (κ1) is 13.6. The molecular formula is C18H22N4. The van der Waals surface area contributed by atoms with Gasteiger partial charge in [0.05, 0.1) is 6.04 Å². The summed E-state index contributed by atoms with van der Waals surface area (Å²) in [6.45, 7) is 1.93. The highest BCUT2D eigenvalue weighted by atomic mass is 15.1. The third kappa shape index (κ3) is 2.23. The highest BCUT2D eigenvalue weighted by molar-refractivity contribution is 5.52. The van der Waals surface area contributed by atoms with E-state index in [0.717, 1.165) is 23.4 Å². The first-order chi connectivity index (χ1) is 10.7. The van der Waals surface area contributed by atoms with Crippen molar-refractivity contribution in [3.05, 3.63) is 46.8 Å². The van der Waals surface area contributed by atoms with Crippen molar-refractivity contribution in [2.45, 2.75) is 44.6 Å². The monoisotopic (exact) mass is 294 g/mol. The molecule has 2 aliphatic rings. The lowest BCUT2D eigenvalue weighted by Crippen LogP contribution is -2.10. The average Bonchev–Trinajstić information content (AvgIpc) is 2.87. The minimum absolute atomic E-state index is 0.372. The summed E-state index contributed by atoms with van der Waals surface area (Å²) in [5.74, 6) is 3.30. The van der Waals surface area contributed by atoms with Crippen LogP contribution < -0.4 is 10.6 Å². The van der Waals surface area contributed by atoms with Gasteiger partial charge in [0.25, 0.3) is 0 Å². The molecule has 22 heavy (non-hydrogen) atoms. The Morgan fingerprint density at radius 2 is 2.05 bits per heavy atom. The van der Waals surface area contributed by atoms with E-state index in [0.29, 0.717) is 6.04 Å². The van der Waals surface area contributed by atoms with E-state index in [1.165, 1.54) is 31.2 Å². The number of anilines is 2. The van der Waals surface area contributed by atoms with E-state index in [-0.39, 0.29) is 0 Å². The molecule has 1 aromatic heterocycles. The standard InChI is InChI=1S/C18H22N4/c1-11-20-16(19-2)10-17(21-11)22-15-9-13-7-3-5-12-6-4-8-14(15)18(12)13/h4,6,8,10,13,15H,3,5,7,9H2,1-2H3,(H2,19,20,21,22). The van der Waals surface area contributed by atoms with Crippen LogP contribution in [0.3, 0.4) is 0 Å². The Labute approximate surface area is 131 Å². The van der Waals surface area contributed by atoms with Gasteiger partial charge in [0.15, 0.2) is 0 Å². The predicted octanol–water partition coefficient (Wildman–Crippen LogP) is 3.80. The lowest BCUT2D eigenvalue weighted by Gasteiger charge is -2.20. The highest BCUT2D eigenvalue weighted by Gasteiger charge is 2.34. The topological polar surface area (TPSA) is 49.8 Å². The first-order valence-electron chi connectivity index (χ1n) is 8.16. The van der Waals surface area contributed by atoms with Crippen LogP contribution in [0.25, 0.3) is 0 Å². The van der Waals surface area contributed by atoms with E-state index in [1.54, 1.807) is 11.1 Å². The Balaban J connectivity index is 1.66. The number of benzene rings is 1. The molecule has 0 fully saturated rings. The molecule has 0 amide bonds. The molecule has 4 rings (SSSR count). The molecule has 0 saturated carbocycles. The molecular weight excluding hydrogens is 272 g/mol. The van der Waals surface area contributed by atoms with Gasteiger partial charge in [-0.15, -0.1) is 0 Å². The number of hydrogen-bond acceptors (Lipinski definition) is 4. The van der Waals surface area contributed by atoms with E-state index in [1.807, 2.05) is 20.0 Å². The second kappa shape index (κ2) is 5.27. The summed E-state index contributed by atoms with van der Waals surface area (Å²) in [5, 5.41) is 6.74. The Morgan fingerprint density at radius 1 is 1.18 bits per heavy atom. The third-order valence-electron chi connectivity index (χ3n) is 4.95. The van der Waals surface area contributed by atoms with Crippen LogP contribution in [0.5, 0.6) is 0 Å². The molecule has 2 aromatic rings. The number of nitrogens with zero attached hydrogens (tertiary/aromatic N) is 2. The van der Waals surface area contributed by atoms with E-state index in [4.69, 9.17) is 0 Å². The van der Waals surface area contributed by atoms with Gasteiger partial charge < -0.3 is 10.6 Å². The zero-order valence-corrected chi connectivity index (χ0v) is 13.2. The maximum Gasteiger partial charge on any atom is 0.132 e. The Bertz CT molecular complexity index is 710. The summed E-state index contributed by atoms with van der Waals surface area (Å²) >= 11 is 0. The maximum absolute atomic E-state index is 4.54. The molecule has 0 aliphatic heterocycles. The second-order valence-electron chi connectivity index (χ2n) is 6.38. The van der Waals surface area contributed by atoms with Gasteiger partial charge in [0, 0.05) is 13.1 Å². The molecule has 1 aromatic carbocycles. The SMILES string of the molecule is CNc1cc(NC2CC3CCCc4cccc2c43)nc(C)n1. The summed E-state index contributed by atoms with van der Waals surface area (Å²) in [6, 6.07) is 9.16. The molecule has 0 bridgehead atoms. The van der Waals surface area contributed by atoms with E-state index in [2.05, 4.69) is 38.8 Å². The lowest BCUT2D eigenvalue weighted by molar-refractivity contribution is 0.534. The maximum atomic E-state index is 4.54. The van der Waals surface area contributed by atoms with E-state index in [9.17, 15) is 0 Å². The number of aromatic nitrogens is 2. The van der Waals surface area contributed by atoms with Crippen molar-refractivity contribution in [2.75, 3.05) is 17.7 Å². The van der Waals surface area contributed by atoms with Crippen LogP contribution in [0, 0.1) is 6.92 Å². The van der Waals surface area contributed by atoms with Crippen molar-refractivity contribution < 1.29 is 0 Å². The number of nitrogens with one attached hydrogen (secondary N) is 2. The van der Waals surface area contributed by atoms with Crippen LogP contribution >= 0.6 is 0 Å². The third-order valence-corrected chi connectivity index (χ3v) is 4.95. The predicted molar refractivity (Wildman–Crippen MR) is 89.4 cm³/mol. The Morgan fingerprint density at radius 3 is 2.91 bits per heavy atom. The Hall–Kier alpha value is -2.10. The molecule has 1 heterocycles. The summed E-state index contributed by atoms with van der Waals surface area (Å²) in [4.78, 5) is 8.91. The highest BCUT2D eigenvalue weighted by Crippen LogP contribution is 2.48. The normalized spacial score (nSPS) is 22.3. The minimum atomic E-state index is 0.372. The number of rotatable bonds is 3. The van der Waals surface area contributed by atoms with Gasteiger partial charge in [-0.3, -0.25) is 0 Å². The van der Waals surface area contributed by atoms with E-state index < -0.39 is 0 Å². The molecule has 4 nitrogen and oxygen atoms in total. The van der Waals surface area contributed by atoms with Crippen molar-refractivity contribution in [3.8, 4) is 0 Å². The molecule has 114 valence electrons. The summed E-state index contributed by atoms with van der Waals surface area (Å²) in [5.41, 5.74) is 4.66. The molecule has 0 saturated heterocycles. The summed E-state index contributed by atoms with van der Waals surface area (Å²) in [6.07, 6.45) is 5.07. The fourth-order valence-corrected chi connectivity index (χ4v) is 4.07. The molecule has 2 aliphatic carbocycles. The van der Waals surface area contributed by atoms with Crippen LogP contribution in [0.2, 0.25) is 0 Å². The van der Waals surface area contributed by atoms with Crippen LogP contribution in [0.1, 0.15) is 53.7 Å². The number of aryl methyl sites for hydroxylation is 2. The summed E-state index contributed by atoms with van der Waals surface area (Å²) in [7, 11) is 1.89. The zero-order valence-electron chi connectivity index (χ0n) is 13.2. The van der Waals surface area contributed by atoms with Gasteiger partial charge >= 0.3 is 0 Å². The second-order valence-corrected chi connectivity index (χ2v) is 6.38. The van der Waals surface area contributed by atoms with Gasteiger partial charge in [-0.05, 0) is 55.2 Å². The van der Waals surface area contributed by atoms with E-state index >= 15 is 0 Å². The largest absolute Gasteiger partial charge is 0.373 e. The zero-order chi connectivity index (χ0) is 15.1. The smallest absolute Gasteiger partial charge is 0.132 e. The minimum Gasteiger partial charge on any atom is -0.373 e.